The third-order valence-corrected chi connectivity index (χ3v) is 1.72. The van der Waals surface area contributed by atoms with E-state index in [1.807, 2.05) is 0 Å². The molecule has 0 aliphatic heterocycles. The fourth-order valence-electron chi connectivity index (χ4n) is 0.834. The minimum Gasteiger partial charge on any atom is -0.479 e. The normalized spacial score (nSPS) is 29.8. The fourth-order valence-corrected chi connectivity index (χ4v) is 1.11. The van der Waals surface area contributed by atoms with Crippen molar-refractivity contribution in [3.8, 4) is 0 Å². The van der Waals surface area contributed by atoms with E-state index in [-0.39, 0.29) is 6.42 Å². The van der Waals surface area contributed by atoms with Crippen LogP contribution in [0.2, 0.25) is 0 Å². The number of halogens is 1. The Kier molecular flexibility index (Phi) is 2.02. The van der Waals surface area contributed by atoms with Crippen molar-refractivity contribution in [1.82, 2.24) is 0 Å². The molecule has 3 nitrogen and oxygen atoms in total. The van der Waals surface area contributed by atoms with E-state index in [2.05, 4.69) is 0 Å². The van der Waals surface area contributed by atoms with E-state index < -0.39 is 11.6 Å². The smallest absolute Gasteiger partial charge is 0.340 e. The Bertz CT molecular complexity index is 244. The molecule has 4 heteroatoms. The molecule has 0 heterocycles. The molecule has 0 spiro atoms. The van der Waals surface area contributed by atoms with Crippen molar-refractivity contribution in [2.75, 3.05) is 0 Å². The zero-order chi connectivity index (χ0) is 8.48. The molecular weight excluding hydrogens is 168 g/mol. The molecule has 1 atom stereocenters. The summed E-state index contributed by atoms with van der Waals surface area (Å²) in [4.78, 5) is 10.4. The van der Waals surface area contributed by atoms with Gasteiger partial charge in [-0.05, 0) is 12.2 Å². The van der Waals surface area contributed by atoms with Gasteiger partial charge in [-0.3, -0.25) is 0 Å². The molecule has 0 saturated carbocycles. The average Bonchev–Trinajstić information content (AvgIpc) is 1.86. The van der Waals surface area contributed by atoms with Gasteiger partial charge in [0.05, 0.1) is 0 Å². The van der Waals surface area contributed by atoms with E-state index in [4.69, 9.17) is 16.7 Å². The molecule has 1 aliphatic carbocycles. The van der Waals surface area contributed by atoms with Gasteiger partial charge in [-0.1, -0.05) is 17.7 Å². The van der Waals surface area contributed by atoms with E-state index in [9.17, 15) is 9.90 Å². The van der Waals surface area contributed by atoms with Crippen LogP contribution in [0.3, 0.4) is 0 Å². The summed E-state index contributed by atoms with van der Waals surface area (Å²) < 4.78 is 0. The second kappa shape index (κ2) is 2.68. The van der Waals surface area contributed by atoms with Crippen LogP contribution in [-0.2, 0) is 4.79 Å². The maximum Gasteiger partial charge on any atom is 0.340 e. The summed E-state index contributed by atoms with van der Waals surface area (Å²) in [5.41, 5.74) is -1.81. The number of carbonyl (C=O) groups is 1. The lowest BCUT2D eigenvalue weighted by molar-refractivity contribution is -0.153. The molecule has 0 aromatic carbocycles. The summed E-state index contributed by atoms with van der Waals surface area (Å²) in [5.74, 6) is -1.28. The van der Waals surface area contributed by atoms with Crippen LogP contribution in [0.1, 0.15) is 6.42 Å². The lowest BCUT2D eigenvalue weighted by atomic mass is 9.96. The van der Waals surface area contributed by atoms with E-state index >= 15 is 0 Å². The third-order valence-electron chi connectivity index (χ3n) is 1.46. The minimum absolute atomic E-state index is 0.0552. The molecule has 1 rings (SSSR count). The topological polar surface area (TPSA) is 57.5 Å². The van der Waals surface area contributed by atoms with Gasteiger partial charge < -0.3 is 10.2 Å². The molecule has 60 valence electrons. The van der Waals surface area contributed by atoms with Crippen molar-refractivity contribution in [2.24, 2.45) is 0 Å². The fraction of sp³-hybridized carbons (Fsp3) is 0.286. The maximum absolute atomic E-state index is 10.4. The van der Waals surface area contributed by atoms with E-state index in [0.29, 0.717) is 5.03 Å². The first-order chi connectivity index (χ1) is 5.04. The summed E-state index contributed by atoms with van der Waals surface area (Å²) in [6, 6.07) is 0. The lowest BCUT2D eigenvalue weighted by Gasteiger charge is -2.20. The molecule has 0 fully saturated rings. The van der Waals surface area contributed by atoms with Crippen molar-refractivity contribution >= 4 is 17.6 Å². The average molecular weight is 175 g/mol. The molecule has 0 bridgehead atoms. The van der Waals surface area contributed by atoms with Gasteiger partial charge >= 0.3 is 5.97 Å². The van der Waals surface area contributed by atoms with Gasteiger partial charge in [0.2, 0.25) is 0 Å². The summed E-state index contributed by atoms with van der Waals surface area (Å²) in [5, 5.41) is 18.2. The van der Waals surface area contributed by atoms with E-state index in [1.165, 1.54) is 12.2 Å². The van der Waals surface area contributed by atoms with Gasteiger partial charge in [0.15, 0.2) is 5.60 Å². The van der Waals surface area contributed by atoms with Crippen molar-refractivity contribution < 1.29 is 15.0 Å². The van der Waals surface area contributed by atoms with Crippen LogP contribution in [0.25, 0.3) is 0 Å². The third kappa shape index (κ3) is 1.61. The number of carboxylic acids is 1. The highest BCUT2D eigenvalue weighted by Gasteiger charge is 2.34. The molecule has 2 N–H and O–H groups in total. The van der Waals surface area contributed by atoms with Crippen LogP contribution < -0.4 is 0 Å². The van der Waals surface area contributed by atoms with Crippen molar-refractivity contribution in [3.05, 3.63) is 23.3 Å². The van der Waals surface area contributed by atoms with Gasteiger partial charge in [0, 0.05) is 11.5 Å². The number of carboxylic acid groups (broad SMARTS) is 1. The van der Waals surface area contributed by atoms with Crippen LogP contribution in [0.15, 0.2) is 23.3 Å². The number of aliphatic carboxylic acids is 1. The molecule has 1 aliphatic rings. The predicted octanol–water partition coefficient (Wildman–Crippen LogP) is 0.885. The molecule has 0 aromatic heterocycles. The Hall–Kier alpha value is -0.800. The number of allylic oxidation sites excluding steroid dienone is 2. The summed E-state index contributed by atoms with van der Waals surface area (Å²) in [6.45, 7) is 0. The van der Waals surface area contributed by atoms with Gasteiger partial charge in [-0.15, -0.1) is 0 Å². The van der Waals surface area contributed by atoms with Crippen molar-refractivity contribution in [1.29, 1.82) is 0 Å². The Balaban J connectivity index is 2.86. The highest BCUT2D eigenvalue weighted by molar-refractivity contribution is 6.30. The van der Waals surface area contributed by atoms with E-state index in [1.54, 1.807) is 6.08 Å². The quantitative estimate of drug-likeness (QED) is 0.621. The lowest BCUT2D eigenvalue weighted by Crippen LogP contribution is -2.37. The highest BCUT2D eigenvalue weighted by atomic mass is 35.5. The standard InChI is InChI=1S/C7H7ClO3/c8-5-2-1-3-7(11,4-5)6(9)10/h1-3,11H,4H2,(H,9,10). The van der Waals surface area contributed by atoms with Gasteiger partial charge in [0.1, 0.15) is 0 Å². The minimum atomic E-state index is -1.81. The van der Waals surface area contributed by atoms with Crippen LogP contribution >= 0.6 is 11.6 Å². The molecule has 0 saturated heterocycles. The first-order valence-corrected chi connectivity index (χ1v) is 3.42. The summed E-state index contributed by atoms with van der Waals surface area (Å²) in [6.07, 6.45) is 4.14. The Morgan fingerprint density at radius 3 is 2.73 bits per heavy atom. The molecule has 11 heavy (non-hydrogen) atoms. The Labute approximate surface area is 68.6 Å². The van der Waals surface area contributed by atoms with Crippen molar-refractivity contribution in [2.45, 2.75) is 12.0 Å². The zero-order valence-electron chi connectivity index (χ0n) is 5.62. The number of hydrogen-bond donors (Lipinski definition) is 2. The Morgan fingerprint density at radius 2 is 2.36 bits per heavy atom. The highest BCUT2D eigenvalue weighted by Crippen LogP contribution is 2.25. The number of aliphatic hydroxyl groups is 1. The first kappa shape index (κ1) is 8.30. The zero-order valence-corrected chi connectivity index (χ0v) is 6.38. The van der Waals surface area contributed by atoms with Gasteiger partial charge in [-0.2, -0.15) is 0 Å². The molecule has 0 aromatic rings. The second-order valence-corrected chi connectivity index (χ2v) is 2.86. The van der Waals surface area contributed by atoms with Crippen LogP contribution in [0.4, 0.5) is 0 Å². The Morgan fingerprint density at radius 1 is 1.73 bits per heavy atom. The first-order valence-electron chi connectivity index (χ1n) is 3.04. The number of hydrogen-bond acceptors (Lipinski definition) is 2. The van der Waals surface area contributed by atoms with Crippen molar-refractivity contribution in [3.63, 3.8) is 0 Å². The van der Waals surface area contributed by atoms with Crippen LogP contribution in [-0.4, -0.2) is 21.8 Å². The summed E-state index contributed by atoms with van der Waals surface area (Å²) in [7, 11) is 0. The van der Waals surface area contributed by atoms with Gasteiger partial charge in [-0.25, -0.2) is 4.79 Å². The molecular formula is C7H7ClO3. The van der Waals surface area contributed by atoms with Crippen LogP contribution in [0, 0.1) is 0 Å². The maximum atomic E-state index is 10.4. The summed E-state index contributed by atoms with van der Waals surface area (Å²) >= 11 is 5.53. The van der Waals surface area contributed by atoms with Crippen LogP contribution in [0.5, 0.6) is 0 Å². The molecule has 0 radical (unpaired) electrons. The number of rotatable bonds is 1. The molecule has 0 amide bonds. The predicted molar refractivity (Wildman–Crippen MR) is 40.3 cm³/mol. The van der Waals surface area contributed by atoms with Gasteiger partial charge in [0.25, 0.3) is 0 Å². The van der Waals surface area contributed by atoms with E-state index in [0.717, 1.165) is 0 Å². The largest absolute Gasteiger partial charge is 0.479 e. The monoisotopic (exact) mass is 174 g/mol. The SMILES string of the molecule is O=C(O)C1(O)C=CC=C(Cl)C1. The molecule has 1 unspecified atom stereocenters. The second-order valence-electron chi connectivity index (χ2n) is 2.38.